The molecule has 0 aromatic heterocycles. The maximum absolute atomic E-state index is 10.1. The Bertz CT molecular complexity index is 767. The van der Waals surface area contributed by atoms with Crippen molar-refractivity contribution >= 4 is 11.4 Å². The summed E-state index contributed by atoms with van der Waals surface area (Å²) in [4.78, 5) is 0. The average molecular weight is 387 g/mol. The number of hydrogen-bond acceptors (Lipinski definition) is 7. The summed E-state index contributed by atoms with van der Waals surface area (Å²) in [6, 6.07) is 11.0. The summed E-state index contributed by atoms with van der Waals surface area (Å²) in [5, 5.41) is 13.2. The first-order valence-electron chi connectivity index (χ1n) is 9.14. The Hall–Kier alpha value is -2.90. The second kappa shape index (κ2) is 11.1. The summed E-state index contributed by atoms with van der Waals surface area (Å²) in [5.41, 5.74) is 13.6. The lowest BCUT2D eigenvalue weighted by Gasteiger charge is -2.16. The van der Waals surface area contributed by atoms with Crippen molar-refractivity contribution in [1.82, 2.24) is 5.32 Å². The molecule has 1 unspecified atom stereocenters. The molecule has 0 fully saturated rings. The standard InChI is InChI=1S/C21H29N3O4/c1-3-11-26-17-6-4-5-7-18(17)27-12-10-24-13-16(25)14-28-19-9-8-15(2)20(22)21(19)23/h3-9,16,24-25H,1,10-14,22-23H2,2H3. The molecule has 1 atom stereocenters. The van der Waals surface area contributed by atoms with E-state index in [4.69, 9.17) is 25.7 Å². The van der Waals surface area contributed by atoms with E-state index in [1.165, 1.54) is 0 Å². The normalized spacial score (nSPS) is 11.6. The van der Waals surface area contributed by atoms with Crippen LogP contribution in [0.5, 0.6) is 17.2 Å². The van der Waals surface area contributed by atoms with E-state index in [9.17, 15) is 5.11 Å². The second-order valence-corrected chi connectivity index (χ2v) is 6.27. The number of rotatable bonds is 12. The minimum Gasteiger partial charge on any atom is -0.489 e. The maximum Gasteiger partial charge on any atom is 0.161 e. The van der Waals surface area contributed by atoms with Gasteiger partial charge in [-0.3, -0.25) is 0 Å². The molecule has 0 radical (unpaired) electrons. The lowest BCUT2D eigenvalue weighted by atomic mass is 10.1. The SMILES string of the molecule is C=CCOc1ccccc1OCCNCC(O)COc1ccc(C)c(N)c1N. The van der Waals surface area contributed by atoms with Crippen LogP contribution in [-0.2, 0) is 0 Å². The van der Waals surface area contributed by atoms with Gasteiger partial charge in [-0.15, -0.1) is 0 Å². The number of nitrogens with one attached hydrogen (secondary N) is 1. The molecule has 2 rings (SSSR count). The van der Waals surface area contributed by atoms with Gasteiger partial charge in [-0.05, 0) is 30.7 Å². The summed E-state index contributed by atoms with van der Waals surface area (Å²) in [7, 11) is 0. The second-order valence-electron chi connectivity index (χ2n) is 6.27. The molecule has 0 heterocycles. The van der Waals surface area contributed by atoms with Crippen LogP contribution in [0, 0.1) is 6.92 Å². The van der Waals surface area contributed by atoms with Crippen molar-refractivity contribution in [2.45, 2.75) is 13.0 Å². The summed E-state index contributed by atoms with van der Waals surface area (Å²) < 4.78 is 16.8. The number of aliphatic hydroxyl groups excluding tert-OH is 1. The Kier molecular flexibility index (Phi) is 8.45. The topological polar surface area (TPSA) is 112 Å². The van der Waals surface area contributed by atoms with E-state index in [2.05, 4.69) is 11.9 Å². The van der Waals surface area contributed by atoms with Crippen LogP contribution in [0.25, 0.3) is 0 Å². The highest BCUT2D eigenvalue weighted by atomic mass is 16.5. The number of aryl methyl sites for hydroxylation is 1. The van der Waals surface area contributed by atoms with Crippen molar-refractivity contribution in [3.8, 4) is 17.2 Å². The van der Waals surface area contributed by atoms with Gasteiger partial charge in [-0.1, -0.05) is 30.9 Å². The van der Waals surface area contributed by atoms with E-state index in [-0.39, 0.29) is 6.61 Å². The van der Waals surface area contributed by atoms with Crippen LogP contribution in [0.2, 0.25) is 0 Å². The number of ether oxygens (including phenoxy) is 3. The van der Waals surface area contributed by atoms with E-state index in [0.29, 0.717) is 54.9 Å². The molecule has 0 spiro atoms. The molecule has 0 saturated heterocycles. The van der Waals surface area contributed by atoms with Crippen molar-refractivity contribution in [1.29, 1.82) is 0 Å². The van der Waals surface area contributed by atoms with Crippen molar-refractivity contribution < 1.29 is 19.3 Å². The van der Waals surface area contributed by atoms with Crippen LogP contribution in [-0.4, -0.2) is 44.1 Å². The fraction of sp³-hybridized carbons (Fsp3) is 0.333. The molecule has 0 aliphatic heterocycles. The predicted molar refractivity (Wildman–Crippen MR) is 112 cm³/mol. The minimum atomic E-state index is -0.690. The molecule has 28 heavy (non-hydrogen) atoms. The quantitative estimate of drug-likeness (QED) is 0.251. The Morgan fingerprint density at radius 2 is 1.75 bits per heavy atom. The first-order valence-corrected chi connectivity index (χ1v) is 9.14. The van der Waals surface area contributed by atoms with Crippen LogP contribution < -0.4 is 31.0 Å². The van der Waals surface area contributed by atoms with E-state index >= 15 is 0 Å². The smallest absolute Gasteiger partial charge is 0.161 e. The van der Waals surface area contributed by atoms with Crippen LogP contribution in [0.15, 0.2) is 49.1 Å². The van der Waals surface area contributed by atoms with Gasteiger partial charge in [0.2, 0.25) is 0 Å². The Balaban J connectivity index is 1.67. The molecule has 0 aliphatic rings. The van der Waals surface area contributed by atoms with Gasteiger partial charge in [0.15, 0.2) is 11.5 Å². The van der Waals surface area contributed by atoms with Gasteiger partial charge < -0.3 is 36.1 Å². The monoisotopic (exact) mass is 387 g/mol. The molecule has 152 valence electrons. The number of hydrogen-bond donors (Lipinski definition) is 4. The molecule has 6 N–H and O–H groups in total. The fourth-order valence-corrected chi connectivity index (χ4v) is 2.44. The van der Waals surface area contributed by atoms with Gasteiger partial charge in [0.05, 0.1) is 11.4 Å². The highest BCUT2D eigenvalue weighted by Crippen LogP contribution is 2.30. The first-order chi connectivity index (χ1) is 13.5. The number of aliphatic hydroxyl groups is 1. The number of anilines is 2. The Morgan fingerprint density at radius 3 is 2.46 bits per heavy atom. The molecule has 7 heteroatoms. The molecular formula is C21H29N3O4. The molecule has 0 bridgehead atoms. The van der Waals surface area contributed by atoms with Gasteiger partial charge >= 0.3 is 0 Å². The van der Waals surface area contributed by atoms with E-state index < -0.39 is 6.10 Å². The maximum atomic E-state index is 10.1. The Morgan fingerprint density at radius 1 is 1.04 bits per heavy atom. The zero-order valence-electron chi connectivity index (χ0n) is 16.2. The molecule has 0 aliphatic carbocycles. The zero-order chi connectivity index (χ0) is 20.4. The third kappa shape index (κ3) is 6.37. The first kappa shape index (κ1) is 21.4. The highest BCUT2D eigenvalue weighted by molar-refractivity contribution is 5.73. The summed E-state index contributed by atoms with van der Waals surface area (Å²) in [6.45, 7) is 7.39. The average Bonchev–Trinajstić information content (AvgIpc) is 2.70. The van der Waals surface area contributed by atoms with Crippen molar-refractivity contribution in [3.63, 3.8) is 0 Å². The van der Waals surface area contributed by atoms with Gasteiger partial charge in [-0.2, -0.15) is 0 Å². The fourth-order valence-electron chi connectivity index (χ4n) is 2.44. The molecule has 0 amide bonds. The van der Waals surface area contributed by atoms with Gasteiger partial charge in [0.1, 0.15) is 31.7 Å². The summed E-state index contributed by atoms with van der Waals surface area (Å²) in [6.07, 6.45) is 0.991. The van der Waals surface area contributed by atoms with Crippen molar-refractivity contribution in [2.75, 3.05) is 44.4 Å². The van der Waals surface area contributed by atoms with Crippen LogP contribution in [0.4, 0.5) is 11.4 Å². The van der Waals surface area contributed by atoms with Crippen LogP contribution >= 0.6 is 0 Å². The minimum absolute atomic E-state index is 0.110. The lowest BCUT2D eigenvalue weighted by Crippen LogP contribution is -2.33. The predicted octanol–water partition coefficient (Wildman–Crippen LogP) is 2.13. The van der Waals surface area contributed by atoms with Gasteiger partial charge in [-0.25, -0.2) is 0 Å². The Labute approximate surface area is 165 Å². The third-order valence-electron chi connectivity index (χ3n) is 4.02. The molecular weight excluding hydrogens is 358 g/mol. The van der Waals surface area contributed by atoms with Crippen LogP contribution in [0.1, 0.15) is 5.56 Å². The number of benzene rings is 2. The largest absolute Gasteiger partial charge is 0.489 e. The number of para-hydroxylation sites is 2. The van der Waals surface area contributed by atoms with E-state index in [1.54, 1.807) is 12.1 Å². The summed E-state index contributed by atoms with van der Waals surface area (Å²) >= 11 is 0. The molecule has 2 aromatic rings. The molecule has 7 nitrogen and oxygen atoms in total. The lowest BCUT2D eigenvalue weighted by molar-refractivity contribution is 0.106. The number of nitrogens with two attached hydrogens (primary N) is 2. The highest BCUT2D eigenvalue weighted by Gasteiger charge is 2.10. The van der Waals surface area contributed by atoms with Gasteiger partial charge in [0.25, 0.3) is 0 Å². The van der Waals surface area contributed by atoms with Crippen LogP contribution in [0.3, 0.4) is 0 Å². The third-order valence-corrected chi connectivity index (χ3v) is 4.02. The van der Waals surface area contributed by atoms with Crippen molar-refractivity contribution in [3.05, 3.63) is 54.6 Å². The van der Waals surface area contributed by atoms with Crippen molar-refractivity contribution in [2.24, 2.45) is 0 Å². The zero-order valence-corrected chi connectivity index (χ0v) is 16.2. The van der Waals surface area contributed by atoms with Gasteiger partial charge in [0, 0.05) is 13.1 Å². The summed E-state index contributed by atoms with van der Waals surface area (Å²) in [5.74, 6) is 1.81. The van der Waals surface area contributed by atoms with E-state index in [0.717, 1.165) is 5.56 Å². The number of nitrogen functional groups attached to an aromatic ring is 2. The van der Waals surface area contributed by atoms with E-state index in [1.807, 2.05) is 37.3 Å². The molecule has 2 aromatic carbocycles. The molecule has 0 saturated carbocycles.